The highest BCUT2D eigenvalue weighted by atomic mass is 35.5. The molecule has 2 aromatic carbocycles. The van der Waals surface area contributed by atoms with Gasteiger partial charge in [0.05, 0.1) is 29.1 Å². The number of halogens is 1. The first-order valence-electron chi connectivity index (χ1n) is 13.7. The number of nitrogens with one attached hydrogen (secondary N) is 2. The van der Waals surface area contributed by atoms with Crippen molar-refractivity contribution in [3.8, 4) is 11.3 Å². The number of aryl methyl sites for hydroxylation is 1. The molecule has 6 rings (SSSR count). The van der Waals surface area contributed by atoms with Gasteiger partial charge in [0.25, 0.3) is 5.91 Å². The number of anilines is 1. The molecular formula is C30H32ClN5O4. The van der Waals surface area contributed by atoms with Gasteiger partial charge in [0, 0.05) is 36.9 Å². The molecule has 10 heteroatoms. The molecule has 0 bridgehead atoms. The number of rotatable bonds is 7. The highest BCUT2D eigenvalue weighted by Gasteiger charge is 2.42. The summed E-state index contributed by atoms with van der Waals surface area (Å²) in [5, 5.41) is 17.1. The Labute approximate surface area is 237 Å². The third-order valence-electron chi connectivity index (χ3n) is 8.35. The second-order valence-electron chi connectivity index (χ2n) is 10.8. The van der Waals surface area contributed by atoms with Gasteiger partial charge in [-0.15, -0.1) is 0 Å². The number of aliphatic hydroxyl groups excluding tert-OH is 1. The number of hydrogen-bond acceptors (Lipinski definition) is 7. The zero-order valence-electron chi connectivity index (χ0n) is 22.3. The van der Waals surface area contributed by atoms with Crippen molar-refractivity contribution in [2.45, 2.75) is 56.8 Å². The molecular weight excluding hydrogens is 530 g/mol. The second kappa shape index (κ2) is 10.8. The molecule has 1 fully saturated rings. The number of carbonyl (C=O) groups is 2. The Morgan fingerprint density at radius 3 is 2.83 bits per heavy atom. The monoisotopic (exact) mass is 561 g/mol. The maximum Gasteiger partial charge on any atom is 0.255 e. The van der Waals surface area contributed by atoms with E-state index in [1.165, 1.54) is 0 Å². The van der Waals surface area contributed by atoms with E-state index in [-0.39, 0.29) is 24.5 Å². The lowest BCUT2D eigenvalue weighted by molar-refractivity contribution is -0.128. The summed E-state index contributed by atoms with van der Waals surface area (Å²) in [4.78, 5) is 37.5. The SMILES string of the molecule is C[C@H](C(=O)NC1(CO)CCc2ccccc21)N1Cc2ccc(-c3nc(NC4CCOCC4)ncc3Cl)cc2C1=O. The quantitative estimate of drug-likeness (QED) is 0.403. The van der Waals surface area contributed by atoms with Crippen molar-refractivity contribution >= 4 is 29.4 Å². The van der Waals surface area contributed by atoms with Crippen molar-refractivity contribution in [1.82, 2.24) is 20.2 Å². The number of hydrogen-bond donors (Lipinski definition) is 3. The first-order chi connectivity index (χ1) is 19.4. The van der Waals surface area contributed by atoms with Crippen LogP contribution in [0.4, 0.5) is 5.95 Å². The lowest BCUT2D eigenvalue weighted by Crippen LogP contribution is -2.54. The molecule has 1 saturated heterocycles. The highest BCUT2D eigenvalue weighted by molar-refractivity contribution is 6.33. The number of carbonyl (C=O) groups excluding carboxylic acids is 2. The van der Waals surface area contributed by atoms with Gasteiger partial charge in [-0.25, -0.2) is 9.97 Å². The molecule has 0 radical (unpaired) electrons. The van der Waals surface area contributed by atoms with Gasteiger partial charge in [0.1, 0.15) is 6.04 Å². The smallest absolute Gasteiger partial charge is 0.255 e. The molecule has 0 saturated carbocycles. The number of ether oxygens (including phenoxy) is 1. The van der Waals surface area contributed by atoms with E-state index in [0.717, 1.165) is 36.0 Å². The minimum absolute atomic E-state index is 0.203. The Morgan fingerprint density at radius 2 is 2.02 bits per heavy atom. The maximum atomic E-state index is 13.5. The fourth-order valence-corrected chi connectivity index (χ4v) is 6.15. The van der Waals surface area contributed by atoms with Crippen molar-refractivity contribution in [3.05, 3.63) is 75.9 Å². The van der Waals surface area contributed by atoms with Gasteiger partial charge in [-0.1, -0.05) is 48.0 Å². The van der Waals surface area contributed by atoms with E-state index < -0.39 is 11.6 Å². The fraction of sp³-hybridized carbons (Fsp3) is 0.400. The molecule has 3 heterocycles. The lowest BCUT2D eigenvalue weighted by atomic mass is 9.92. The van der Waals surface area contributed by atoms with Crippen molar-refractivity contribution in [3.63, 3.8) is 0 Å². The van der Waals surface area contributed by atoms with Crippen LogP contribution < -0.4 is 10.6 Å². The number of amides is 2. The van der Waals surface area contributed by atoms with Crippen LogP contribution in [0.3, 0.4) is 0 Å². The molecule has 2 aliphatic heterocycles. The van der Waals surface area contributed by atoms with Crippen molar-refractivity contribution in [1.29, 1.82) is 0 Å². The van der Waals surface area contributed by atoms with E-state index in [2.05, 4.69) is 20.6 Å². The Balaban J connectivity index is 1.19. The van der Waals surface area contributed by atoms with Crippen LogP contribution in [-0.2, 0) is 28.0 Å². The summed E-state index contributed by atoms with van der Waals surface area (Å²) in [5.41, 5.74) is 3.81. The molecule has 0 spiro atoms. The topological polar surface area (TPSA) is 117 Å². The predicted octanol–water partition coefficient (Wildman–Crippen LogP) is 3.68. The average molecular weight is 562 g/mol. The number of aliphatic hydroxyl groups is 1. The van der Waals surface area contributed by atoms with Crippen molar-refractivity contribution in [2.75, 3.05) is 25.1 Å². The minimum Gasteiger partial charge on any atom is -0.394 e. The molecule has 208 valence electrons. The Hall–Kier alpha value is -3.53. The first-order valence-corrected chi connectivity index (χ1v) is 14.1. The third-order valence-corrected chi connectivity index (χ3v) is 8.62. The summed E-state index contributed by atoms with van der Waals surface area (Å²) in [5.74, 6) is -0.0405. The van der Waals surface area contributed by atoms with Crippen molar-refractivity contribution < 1.29 is 19.4 Å². The molecule has 3 aromatic rings. The van der Waals surface area contributed by atoms with Crippen LogP contribution >= 0.6 is 11.6 Å². The van der Waals surface area contributed by atoms with Gasteiger partial charge in [0.2, 0.25) is 11.9 Å². The highest BCUT2D eigenvalue weighted by Crippen LogP contribution is 2.37. The van der Waals surface area contributed by atoms with E-state index >= 15 is 0 Å². The molecule has 2 amide bonds. The normalized spacial score (nSPS) is 21.2. The standard InChI is InChI=1S/C30H32ClN5O4/c1-18(27(38)35-30(17-37)11-8-19-4-2-3-5-24(19)30)36-16-21-7-6-20(14-23(21)28(36)39)26-25(31)15-32-29(34-26)33-22-9-12-40-13-10-22/h2-7,14-15,18,22,37H,8-13,16-17H2,1H3,(H,35,38)(H,32,33,34)/t18-,30?/m1/s1. The molecule has 3 aliphatic rings. The van der Waals surface area contributed by atoms with Crippen LogP contribution in [0.5, 0.6) is 0 Å². The number of fused-ring (bicyclic) bond motifs is 2. The minimum atomic E-state index is -0.842. The predicted molar refractivity (Wildman–Crippen MR) is 151 cm³/mol. The number of benzene rings is 2. The Morgan fingerprint density at radius 1 is 1.23 bits per heavy atom. The summed E-state index contributed by atoms with van der Waals surface area (Å²) in [6.45, 7) is 3.24. The van der Waals surface area contributed by atoms with Gasteiger partial charge in [-0.2, -0.15) is 0 Å². The van der Waals surface area contributed by atoms with Crippen LogP contribution in [-0.4, -0.2) is 63.7 Å². The van der Waals surface area contributed by atoms with Crippen molar-refractivity contribution in [2.24, 2.45) is 0 Å². The Bertz CT molecular complexity index is 1460. The summed E-state index contributed by atoms with van der Waals surface area (Å²) < 4.78 is 5.43. The summed E-state index contributed by atoms with van der Waals surface area (Å²) in [6.07, 6.45) is 4.71. The van der Waals surface area contributed by atoms with E-state index in [1.54, 1.807) is 24.1 Å². The molecule has 1 aliphatic carbocycles. The molecule has 40 heavy (non-hydrogen) atoms. The maximum absolute atomic E-state index is 13.5. The van der Waals surface area contributed by atoms with Crippen LogP contribution in [0, 0.1) is 0 Å². The van der Waals surface area contributed by atoms with E-state index in [4.69, 9.17) is 16.3 Å². The molecule has 9 nitrogen and oxygen atoms in total. The largest absolute Gasteiger partial charge is 0.394 e. The Kier molecular flexibility index (Phi) is 7.20. The van der Waals surface area contributed by atoms with Gasteiger partial charge >= 0.3 is 0 Å². The first kappa shape index (κ1) is 26.7. The lowest BCUT2D eigenvalue weighted by Gasteiger charge is -2.33. The van der Waals surface area contributed by atoms with Gasteiger partial charge in [-0.3, -0.25) is 9.59 Å². The number of aromatic nitrogens is 2. The zero-order chi connectivity index (χ0) is 27.9. The van der Waals surface area contributed by atoms with Gasteiger partial charge < -0.3 is 25.4 Å². The third kappa shape index (κ3) is 4.82. The average Bonchev–Trinajstić information content (AvgIpc) is 3.52. The summed E-state index contributed by atoms with van der Waals surface area (Å²) >= 11 is 6.48. The molecule has 1 aromatic heterocycles. The molecule has 2 atom stereocenters. The molecule has 1 unspecified atom stereocenters. The second-order valence-corrected chi connectivity index (χ2v) is 11.2. The number of nitrogens with zero attached hydrogens (tertiary/aromatic N) is 3. The molecule has 3 N–H and O–H groups in total. The van der Waals surface area contributed by atoms with Crippen LogP contribution in [0.15, 0.2) is 48.7 Å². The summed E-state index contributed by atoms with van der Waals surface area (Å²) in [7, 11) is 0. The summed E-state index contributed by atoms with van der Waals surface area (Å²) in [6, 6.07) is 12.9. The van der Waals surface area contributed by atoms with Gasteiger partial charge in [0.15, 0.2) is 0 Å². The van der Waals surface area contributed by atoms with Crippen LogP contribution in [0.1, 0.15) is 53.2 Å². The fourth-order valence-electron chi connectivity index (χ4n) is 5.95. The van der Waals surface area contributed by atoms with Crippen LogP contribution in [0.25, 0.3) is 11.3 Å². The zero-order valence-corrected chi connectivity index (χ0v) is 23.1. The van der Waals surface area contributed by atoms with Gasteiger partial charge in [-0.05, 0) is 55.4 Å². The van der Waals surface area contributed by atoms with E-state index in [0.29, 0.717) is 54.0 Å². The van der Waals surface area contributed by atoms with Crippen LogP contribution in [0.2, 0.25) is 5.02 Å². The van der Waals surface area contributed by atoms with E-state index in [9.17, 15) is 14.7 Å². The van der Waals surface area contributed by atoms with E-state index in [1.807, 2.05) is 36.4 Å².